The second-order valence-corrected chi connectivity index (χ2v) is 3.52. The quantitative estimate of drug-likeness (QED) is 0.615. The Hall–Kier alpha value is -0.610. The van der Waals surface area contributed by atoms with Crippen LogP contribution in [0.15, 0.2) is 0 Å². The van der Waals surface area contributed by atoms with Crippen LogP contribution in [0.3, 0.4) is 0 Å². The van der Waals surface area contributed by atoms with Crippen LogP contribution in [0.25, 0.3) is 0 Å². The summed E-state index contributed by atoms with van der Waals surface area (Å²) in [6.45, 7) is 7.89. The highest BCUT2D eigenvalue weighted by atomic mass is 16.5. The first-order valence-electron chi connectivity index (χ1n) is 5.20. The number of rotatable bonds is 7. The van der Waals surface area contributed by atoms with Gasteiger partial charge < -0.3 is 15.4 Å². The smallest absolute Gasteiger partial charge is 0.248 e. The zero-order valence-electron chi connectivity index (χ0n) is 9.45. The van der Waals surface area contributed by atoms with Gasteiger partial charge in [-0.15, -0.1) is 0 Å². The van der Waals surface area contributed by atoms with Crippen molar-refractivity contribution in [1.29, 1.82) is 0 Å². The lowest BCUT2D eigenvalue weighted by molar-refractivity contribution is -0.137. The first-order valence-corrected chi connectivity index (χ1v) is 5.20. The van der Waals surface area contributed by atoms with Crippen molar-refractivity contribution in [2.75, 3.05) is 26.3 Å². The van der Waals surface area contributed by atoms with Crippen molar-refractivity contribution < 1.29 is 9.53 Å². The van der Waals surface area contributed by atoms with Gasteiger partial charge in [0.25, 0.3) is 0 Å². The molecule has 0 aromatic rings. The molecule has 4 heteroatoms. The monoisotopic (exact) mass is 202 g/mol. The molecule has 0 aliphatic rings. The fraction of sp³-hybridized carbons (Fsp3) is 0.900. The largest absolute Gasteiger partial charge is 0.372 e. The van der Waals surface area contributed by atoms with Crippen molar-refractivity contribution in [2.45, 2.75) is 33.2 Å². The minimum absolute atomic E-state index is 0.0268. The number of carbonyl (C=O) groups is 1. The Morgan fingerprint density at radius 1 is 1.50 bits per heavy atom. The number of nitrogens with zero attached hydrogens (tertiary/aromatic N) is 1. The van der Waals surface area contributed by atoms with Crippen LogP contribution in [-0.4, -0.2) is 43.2 Å². The second-order valence-electron chi connectivity index (χ2n) is 3.52. The van der Waals surface area contributed by atoms with E-state index in [0.717, 1.165) is 6.42 Å². The van der Waals surface area contributed by atoms with Crippen LogP contribution in [0.5, 0.6) is 0 Å². The van der Waals surface area contributed by atoms with Crippen molar-refractivity contribution in [2.24, 2.45) is 5.73 Å². The van der Waals surface area contributed by atoms with Crippen molar-refractivity contribution >= 4 is 5.91 Å². The number of nitrogens with two attached hydrogens (primary N) is 1. The van der Waals surface area contributed by atoms with Gasteiger partial charge >= 0.3 is 0 Å². The highest BCUT2D eigenvalue weighted by Crippen LogP contribution is 1.98. The van der Waals surface area contributed by atoms with E-state index in [1.54, 1.807) is 4.90 Å². The molecule has 0 aromatic carbocycles. The summed E-state index contributed by atoms with van der Waals surface area (Å²) < 4.78 is 5.19. The van der Waals surface area contributed by atoms with Gasteiger partial charge in [-0.25, -0.2) is 0 Å². The fourth-order valence-corrected chi connectivity index (χ4v) is 1.20. The minimum atomic E-state index is 0.0268. The third kappa shape index (κ3) is 5.19. The maximum Gasteiger partial charge on any atom is 0.248 e. The van der Waals surface area contributed by atoms with Crippen LogP contribution < -0.4 is 5.73 Å². The van der Waals surface area contributed by atoms with Crippen LogP contribution in [0, 0.1) is 0 Å². The Balaban J connectivity index is 3.89. The van der Waals surface area contributed by atoms with E-state index >= 15 is 0 Å². The van der Waals surface area contributed by atoms with E-state index in [-0.39, 0.29) is 18.6 Å². The van der Waals surface area contributed by atoms with Crippen molar-refractivity contribution in [3.63, 3.8) is 0 Å². The van der Waals surface area contributed by atoms with Gasteiger partial charge in [0, 0.05) is 25.7 Å². The molecule has 0 spiro atoms. The lowest BCUT2D eigenvalue weighted by atomic mass is 10.3. The molecule has 14 heavy (non-hydrogen) atoms. The normalized spacial score (nSPS) is 10.6. The Kier molecular flexibility index (Phi) is 7.42. The average Bonchev–Trinajstić information content (AvgIpc) is 2.13. The predicted octanol–water partition coefficient (Wildman–Crippen LogP) is 0.609. The highest BCUT2D eigenvalue weighted by molar-refractivity contribution is 5.77. The molecule has 0 radical (unpaired) electrons. The number of carbonyl (C=O) groups excluding carboxylic acids is 1. The van der Waals surface area contributed by atoms with E-state index in [4.69, 9.17) is 10.5 Å². The summed E-state index contributed by atoms with van der Waals surface area (Å²) in [7, 11) is 0. The number of ether oxygens (including phenoxy) is 1. The maximum atomic E-state index is 11.6. The molecule has 0 rings (SSSR count). The van der Waals surface area contributed by atoms with Gasteiger partial charge in [-0.1, -0.05) is 6.92 Å². The molecular weight excluding hydrogens is 180 g/mol. The van der Waals surface area contributed by atoms with E-state index < -0.39 is 0 Å². The Morgan fingerprint density at radius 2 is 2.14 bits per heavy atom. The molecule has 0 heterocycles. The number of hydrogen-bond acceptors (Lipinski definition) is 3. The van der Waals surface area contributed by atoms with Gasteiger partial charge in [-0.3, -0.25) is 4.79 Å². The molecule has 0 fully saturated rings. The van der Waals surface area contributed by atoms with E-state index in [0.29, 0.717) is 19.7 Å². The molecule has 0 aliphatic heterocycles. The summed E-state index contributed by atoms with van der Waals surface area (Å²) in [5.41, 5.74) is 5.43. The predicted molar refractivity (Wildman–Crippen MR) is 57.0 cm³/mol. The van der Waals surface area contributed by atoms with Crippen molar-refractivity contribution in [3.8, 4) is 0 Å². The molecule has 0 atom stereocenters. The van der Waals surface area contributed by atoms with E-state index in [1.165, 1.54) is 0 Å². The zero-order valence-corrected chi connectivity index (χ0v) is 9.45. The maximum absolute atomic E-state index is 11.6. The summed E-state index contributed by atoms with van der Waals surface area (Å²) in [6.07, 6.45) is 0.936. The SMILES string of the molecule is CCCOCC(=O)N(CCN)C(C)C. The molecule has 4 nitrogen and oxygen atoms in total. The summed E-state index contributed by atoms with van der Waals surface area (Å²) in [5, 5.41) is 0. The molecule has 1 amide bonds. The summed E-state index contributed by atoms with van der Waals surface area (Å²) in [5.74, 6) is 0.0268. The standard InChI is InChI=1S/C10H22N2O2/c1-4-7-14-8-10(13)12(6-5-11)9(2)3/h9H,4-8,11H2,1-3H3. The van der Waals surface area contributed by atoms with Crippen molar-refractivity contribution in [1.82, 2.24) is 4.90 Å². The van der Waals surface area contributed by atoms with Crippen molar-refractivity contribution in [3.05, 3.63) is 0 Å². The third-order valence-electron chi connectivity index (χ3n) is 1.89. The molecule has 0 unspecified atom stereocenters. The molecule has 0 aliphatic carbocycles. The van der Waals surface area contributed by atoms with Gasteiger partial charge in [0.05, 0.1) is 0 Å². The van der Waals surface area contributed by atoms with Gasteiger partial charge in [0.2, 0.25) is 5.91 Å². The summed E-state index contributed by atoms with van der Waals surface area (Å²) >= 11 is 0. The minimum Gasteiger partial charge on any atom is -0.372 e. The molecule has 84 valence electrons. The second kappa shape index (κ2) is 7.76. The van der Waals surface area contributed by atoms with Gasteiger partial charge in [-0.05, 0) is 20.3 Å². The first kappa shape index (κ1) is 13.4. The number of hydrogen-bond donors (Lipinski definition) is 1. The van der Waals surface area contributed by atoms with Gasteiger partial charge in [-0.2, -0.15) is 0 Å². The Morgan fingerprint density at radius 3 is 2.57 bits per heavy atom. The summed E-state index contributed by atoms with van der Waals surface area (Å²) in [6, 6.07) is 0.191. The summed E-state index contributed by atoms with van der Waals surface area (Å²) in [4.78, 5) is 13.3. The fourth-order valence-electron chi connectivity index (χ4n) is 1.20. The van der Waals surface area contributed by atoms with Crippen LogP contribution >= 0.6 is 0 Å². The van der Waals surface area contributed by atoms with Crippen LogP contribution in [0.2, 0.25) is 0 Å². The Labute approximate surface area is 86.4 Å². The van der Waals surface area contributed by atoms with E-state index in [2.05, 4.69) is 0 Å². The topological polar surface area (TPSA) is 55.6 Å². The molecule has 0 aromatic heterocycles. The Bertz CT molecular complexity index is 160. The van der Waals surface area contributed by atoms with Crippen LogP contribution in [0.1, 0.15) is 27.2 Å². The highest BCUT2D eigenvalue weighted by Gasteiger charge is 2.15. The molecule has 2 N–H and O–H groups in total. The van der Waals surface area contributed by atoms with Gasteiger partial charge in [0.15, 0.2) is 0 Å². The zero-order chi connectivity index (χ0) is 11.0. The number of amides is 1. The third-order valence-corrected chi connectivity index (χ3v) is 1.89. The first-order chi connectivity index (χ1) is 6.63. The molecular formula is C10H22N2O2. The molecule has 0 saturated heterocycles. The lowest BCUT2D eigenvalue weighted by Gasteiger charge is -2.26. The van der Waals surface area contributed by atoms with Crippen LogP contribution in [-0.2, 0) is 9.53 Å². The molecule has 0 saturated carbocycles. The van der Waals surface area contributed by atoms with Gasteiger partial charge in [0.1, 0.15) is 6.61 Å². The van der Waals surface area contributed by atoms with Crippen LogP contribution in [0.4, 0.5) is 0 Å². The average molecular weight is 202 g/mol. The van der Waals surface area contributed by atoms with E-state index in [9.17, 15) is 4.79 Å². The lowest BCUT2D eigenvalue weighted by Crippen LogP contribution is -2.42. The molecule has 0 bridgehead atoms. The van der Waals surface area contributed by atoms with E-state index in [1.807, 2.05) is 20.8 Å².